The van der Waals surface area contributed by atoms with E-state index >= 15 is 0 Å². The Morgan fingerprint density at radius 3 is 2.49 bits per heavy atom. The second kappa shape index (κ2) is 9.52. The summed E-state index contributed by atoms with van der Waals surface area (Å²) < 4.78 is 0.854. The zero-order valence-corrected chi connectivity index (χ0v) is 20.1. The van der Waals surface area contributed by atoms with Gasteiger partial charge in [-0.05, 0) is 36.2 Å². The van der Waals surface area contributed by atoms with Crippen LogP contribution in [0, 0.1) is 0 Å². The fourth-order valence-electron chi connectivity index (χ4n) is 4.43. The molecule has 1 aliphatic heterocycles. The van der Waals surface area contributed by atoms with E-state index in [-0.39, 0.29) is 28.0 Å². The molecule has 4 aromatic rings. The molecule has 1 unspecified atom stereocenters. The largest absolute Gasteiger partial charge is 0.478 e. The van der Waals surface area contributed by atoms with Crippen molar-refractivity contribution in [1.82, 2.24) is 4.90 Å². The highest BCUT2D eigenvalue weighted by atomic mass is 35.5. The molecule has 1 aliphatic rings. The molecule has 2 heterocycles. The number of likely N-dealkylation sites (tertiary alicyclic amines) is 1. The number of benzene rings is 3. The minimum absolute atomic E-state index is 0.0562. The average Bonchev–Trinajstić information content (AvgIpc) is 3.49. The first-order chi connectivity index (χ1) is 16.9. The summed E-state index contributed by atoms with van der Waals surface area (Å²) in [6, 6.07) is 21.7. The topological polar surface area (TPSA) is 86.7 Å². The summed E-state index contributed by atoms with van der Waals surface area (Å²) in [7, 11) is 0. The third-order valence-electron chi connectivity index (χ3n) is 6.23. The monoisotopic (exact) mass is 504 g/mol. The van der Waals surface area contributed by atoms with Crippen LogP contribution in [0.25, 0.3) is 10.1 Å². The first kappa shape index (κ1) is 23.1. The van der Waals surface area contributed by atoms with Crippen LogP contribution in [0.3, 0.4) is 0 Å². The number of aromatic carboxylic acids is 1. The van der Waals surface area contributed by atoms with Gasteiger partial charge in [0.15, 0.2) is 0 Å². The Morgan fingerprint density at radius 2 is 1.74 bits per heavy atom. The number of hydrogen-bond acceptors (Lipinski definition) is 4. The normalized spacial score (nSPS) is 15.3. The van der Waals surface area contributed by atoms with Crippen LogP contribution in [0.1, 0.15) is 48.3 Å². The number of hydrogen-bond donors (Lipinski definition) is 2. The number of carboxylic acid groups (broad SMARTS) is 1. The Balaban J connectivity index is 1.40. The molecule has 1 aromatic heterocycles. The first-order valence-corrected chi connectivity index (χ1v) is 12.3. The van der Waals surface area contributed by atoms with E-state index in [0.717, 1.165) is 16.5 Å². The highest BCUT2D eigenvalue weighted by molar-refractivity contribution is 7.21. The molecule has 2 amide bonds. The van der Waals surface area contributed by atoms with Crippen molar-refractivity contribution in [2.24, 2.45) is 0 Å². The molecule has 5 rings (SSSR count). The number of nitrogens with one attached hydrogen (secondary N) is 1. The van der Waals surface area contributed by atoms with Gasteiger partial charge >= 0.3 is 5.97 Å². The molecule has 0 bridgehead atoms. The quantitative estimate of drug-likeness (QED) is 0.342. The Bertz CT molecular complexity index is 1450. The summed E-state index contributed by atoms with van der Waals surface area (Å²) >= 11 is 7.65. The van der Waals surface area contributed by atoms with Crippen LogP contribution in [-0.2, 0) is 0 Å². The van der Waals surface area contributed by atoms with Crippen LogP contribution in [0.2, 0.25) is 5.02 Å². The maximum Gasteiger partial charge on any atom is 0.337 e. The molecule has 1 saturated heterocycles. The van der Waals surface area contributed by atoms with Crippen molar-refractivity contribution in [2.45, 2.75) is 12.3 Å². The number of carbonyl (C=O) groups excluding carboxylic acids is 2. The van der Waals surface area contributed by atoms with Gasteiger partial charge in [0, 0.05) is 34.7 Å². The van der Waals surface area contributed by atoms with Crippen LogP contribution >= 0.6 is 22.9 Å². The molecular formula is C27H21ClN2O4S. The van der Waals surface area contributed by atoms with Crippen molar-refractivity contribution in [3.8, 4) is 0 Å². The zero-order chi connectivity index (χ0) is 24.5. The van der Waals surface area contributed by atoms with Crippen LogP contribution in [-0.4, -0.2) is 40.9 Å². The standard InChI is InChI=1S/C27H21ClN2O4S/c28-23-20-8-4-5-9-22(20)35-24(23)25(31)29-21-14-17(10-11-19(21)27(33)34)26(32)30-13-12-18(15-30)16-6-2-1-3-7-16/h1-11,14,18H,12-13,15H2,(H,29,31)(H,33,34). The molecule has 2 N–H and O–H groups in total. The van der Waals surface area contributed by atoms with E-state index in [9.17, 15) is 19.5 Å². The maximum absolute atomic E-state index is 13.2. The van der Waals surface area contributed by atoms with Gasteiger partial charge in [0.05, 0.1) is 16.3 Å². The molecule has 0 spiro atoms. The second-order valence-electron chi connectivity index (χ2n) is 8.41. The molecule has 0 saturated carbocycles. The summed E-state index contributed by atoms with van der Waals surface area (Å²) in [5, 5.41) is 13.4. The van der Waals surface area contributed by atoms with Gasteiger partial charge in [-0.2, -0.15) is 0 Å². The SMILES string of the molecule is O=C(O)c1ccc(C(=O)N2CCC(c3ccccc3)C2)cc1NC(=O)c1sc2ccccc2c1Cl. The van der Waals surface area contributed by atoms with Gasteiger partial charge in [-0.25, -0.2) is 4.79 Å². The van der Waals surface area contributed by atoms with Gasteiger partial charge in [-0.3, -0.25) is 9.59 Å². The molecule has 3 aromatic carbocycles. The predicted octanol–water partition coefficient (Wildman–Crippen LogP) is 6.13. The van der Waals surface area contributed by atoms with Gasteiger partial charge in [0.1, 0.15) is 4.88 Å². The third-order valence-corrected chi connectivity index (χ3v) is 7.91. The minimum atomic E-state index is -1.20. The fraction of sp³-hybridized carbons (Fsp3) is 0.148. The lowest BCUT2D eigenvalue weighted by Crippen LogP contribution is -2.28. The van der Waals surface area contributed by atoms with Crippen molar-refractivity contribution in [2.75, 3.05) is 18.4 Å². The van der Waals surface area contributed by atoms with E-state index in [0.29, 0.717) is 23.7 Å². The summed E-state index contributed by atoms with van der Waals surface area (Å²) in [6.07, 6.45) is 0.858. The summed E-state index contributed by atoms with van der Waals surface area (Å²) in [6.45, 7) is 1.20. The lowest BCUT2D eigenvalue weighted by atomic mass is 9.99. The van der Waals surface area contributed by atoms with Gasteiger partial charge in [0.2, 0.25) is 0 Å². The van der Waals surface area contributed by atoms with E-state index < -0.39 is 11.9 Å². The van der Waals surface area contributed by atoms with Crippen LogP contribution in [0.15, 0.2) is 72.8 Å². The van der Waals surface area contributed by atoms with E-state index in [2.05, 4.69) is 17.4 Å². The molecule has 0 radical (unpaired) electrons. The van der Waals surface area contributed by atoms with Crippen molar-refractivity contribution in [1.29, 1.82) is 0 Å². The highest BCUT2D eigenvalue weighted by Gasteiger charge is 2.29. The third kappa shape index (κ3) is 4.52. The Kier molecular flexibility index (Phi) is 6.28. The Hall–Kier alpha value is -3.68. The fourth-order valence-corrected chi connectivity index (χ4v) is 5.84. The molecule has 6 nitrogen and oxygen atoms in total. The van der Waals surface area contributed by atoms with Crippen molar-refractivity contribution < 1.29 is 19.5 Å². The Labute approximate surface area is 210 Å². The number of amides is 2. The molecule has 1 fully saturated rings. The van der Waals surface area contributed by atoms with E-state index in [4.69, 9.17) is 11.6 Å². The van der Waals surface area contributed by atoms with Crippen LogP contribution in [0.4, 0.5) is 5.69 Å². The van der Waals surface area contributed by atoms with Gasteiger partial charge in [-0.1, -0.05) is 60.1 Å². The molecule has 1 atom stereocenters. The lowest BCUT2D eigenvalue weighted by Gasteiger charge is -2.18. The molecule has 8 heteroatoms. The number of fused-ring (bicyclic) bond motifs is 1. The predicted molar refractivity (Wildman–Crippen MR) is 138 cm³/mol. The van der Waals surface area contributed by atoms with E-state index in [1.807, 2.05) is 42.5 Å². The average molecular weight is 505 g/mol. The Morgan fingerprint density at radius 1 is 1.00 bits per heavy atom. The zero-order valence-electron chi connectivity index (χ0n) is 18.5. The number of carbonyl (C=O) groups is 3. The smallest absolute Gasteiger partial charge is 0.337 e. The highest BCUT2D eigenvalue weighted by Crippen LogP contribution is 2.36. The first-order valence-electron chi connectivity index (χ1n) is 11.1. The van der Waals surface area contributed by atoms with E-state index in [1.54, 1.807) is 4.90 Å². The van der Waals surface area contributed by atoms with Crippen molar-refractivity contribution in [3.05, 3.63) is 99.4 Å². The lowest BCUT2D eigenvalue weighted by molar-refractivity contribution is 0.0696. The molecule has 176 valence electrons. The second-order valence-corrected chi connectivity index (χ2v) is 9.84. The van der Waals surface area contributed by atoms with Crippen molar-refractivity contribution in [3.63, 3.8) is 0 Å². The summed E-state index contributed by atoms with van der Waals surface area (Å²) in [5.74, 6) is -1.66. The van der Waals surface area contributed by atoms with Gasteiger partial charge in [-0.15, -0.1) is 11.3 Å². The van der Waals surface area contributed by atoms with E-state index in [1.165, 1.54) is 35.1 Å². The number of carboxylic acids is 1. The molecule has 35 heavy (non-hydrogen) atoms. The molecular weight excluding hydrogens is 484 g/mol. The number of rotatable bonds is 5. The molecule has 0 aliphatic carbocycles. The van der Waals surface area contributed by atoms with Crippen LogP contribution in [0.5, 0.6) is 0 Å². The maximum atomic E-state index is 13.2. The number of anilines is 1. The summed E-state index contributed by atoms with van der Waals surface area (Å²) in [4.78, 5) is 40.1. The number of halogens is 1. The van der Waals surface area contributed by atoms with Crippen molar-refractivity contribution >= 4 is 56.5 Å². The van der Waals surface area contributed by atoms with Gasteiger partial charge in [0.25, 0.3) is 11.8 Å². The number of thiophene rings is 1. The minimum Gasteiger partial charge on any atom is -0.478 e. The van der Waals surface area contributed by atoms with Gasteiger partial charge < -0.3 is 15.3 Å². The van der Waals surface area contributed by atoms with Crippen LogP contribution < -0.4 is 5.32 Å². The number of nitrogens with zero attached hydrogens (tertiary/aromatic N) is 1. The summed E-state index contributed by atoms with van der Waals surface area (Å²) in [5.41, 5.74) is 1.47.